The zero-order valence-corrected chi connectivity index (χ0v) is 11.8. The fourth-order valence-corrected chi connectivity index (χ4v) is 1.89. The minimum Gasteiger partial charge on any atom is -0.368 e. The molecule has 1 aromatic heterocycles. The van der Waals surface area contributed by atoms with Crippen LogP contribution in [0.2, 0.25) is 0 Å². The molecule has 1 heterocycles. The fourth-order valence-electron chi connectivity index (χ4n) is 1.89. The summed E-state index contributed by atoms with van der Waals surface area (Å²) in [5.74, 6) is -0.777. The van der Waals surface area contributed by atoms with Crippen molar-refractivity contribution in [1.82, 2.24) is 15.1 Å². The number of hydrogen-bond donors (Lipinski definition) is 2. The lowest BCUT2D eigenvalue weighted by molar-refractivity contribution is -0.120. The molecule has 104 valence electrons. The Balaban J connectivity index is 2.21. The molecule has 0 aromatic carbocycles. The summed E-state index contributed by atoms with van der Waals surface area (Å²) in [6, 6.07) is 1.76. The highest BCUT2D eigenvalue weighted by atomic mass is 16.2. The molecule has 1 fully saturated rings. The highest BCUT2D eigenvalue weighted by molar-refractivity contribution is 5.99. The molecule has 1 saturated carbocycles. The van der Waals surface area contributed by atoms with Crippen LogP contribution in [-0.2, 0) is 17.3 Å². The van der Waals surface area contributed by atoms with Crippen LogP contribution in [-0.4, -0.2) is 27.1 Å². The molecule has 19 heavy (non-hydrogen) atoms. The van der Waals surface area contributed by atoms with Gasteiger partial charge in [-0.1, -0.05) is 20.8 Å². The zero-order chi connectivity index (χ0) is 14.4. The van der Waals surface area contributed by atoms with E-state index in [-0.39, 0.29) is 11.3 Å². The minimum atomic E-state index is -0.844. The van der Waals surface area contributed by atoms with E-state index >= 15 is 0 Å². The van der Waals surface area contributed by atoms with E-state index in [1.807, 2.05) is 20.8 Å². The van der Waals surface area contributed by atoms with Gasteiger partial charge in [0.2, 0.25) is 5.91 Å². The monoisotopic (exact) mass is 264 g/mol. The summed E-state index contributed by atoms with van der Waals surface area (Å²) < 4.78 is 1.53. The van der Waals surface area contributed by atoms with Gasteiger partial charge in [-0.15, -0.1) is 0 Å². The Morgan fingerprint density at radius 3 is 2.37 bits per heavy atom. The first kappa shape index (κ1) is 13.6. The van der Waals surface area contributed by atoms with Gasteiger partial charge in [-0.05, 0) is 18.9 Å². The molecule has 1 aliphatic carbocycles. The molecule has 0 unspecified atom stereocenters. The fraction of sp³-hybridized carbons (Fsp3) is 0.615. The smallest absolute Gasteiger partial charge is 0.270 e. The third-order valence-electron chi connectivity index (χ3n) is 3.46. The molecule has 1 aromatic rings. The molecule has 0 saturated heterocycles. The van der Waals surface area contributed by atoms with Gasteiger partial charge >= 0.3 is 0 Å². The number of primary amides is 1. The number of carbonyl (C=O) groups excluding carboxylic acids is 2. The summed E-state index contributed by atoms with van der Waals surface area (Å²) in [6.45, 7) is 6.09. The molecule has 3 N–H and O–H groups in total. The van der Waals surface area contributed by atoms with Crippen LogP contribution in [0.4, 0.5) is 0 Å². The van der Waals surface area contributed by atoms with Crippen molar-refractivity contribution in [3.63, 3.8) is 0 Å². The van der Waals surface area contributed by atoms with Gasteiger partial charge in [-0.25, -0.2) is 0 Å². The van der Waals surface area contributed by atoms with Crippen molar-refractivity contribution in [1.29, 1.82) is 0 Å². The normalized spacial score (nSPS) is 17.1. The molecule has 0 spiro atoms. The Morgan fingerprint density at radius 2 is 2.00 bits per heavy atom. The number of hydrogen-bond acceptors (Lipinski definition) is 3. The van der Waals surface area contributed by atoms with Crippen molar-refractivity contribution >= 4 is 11.8 Å². The highest BCUT2D eigenvalue weighted by Gasteiger charge is 2.50. The highest BCUT2D eigenvalue weighted by Crippen LogP contribution is 2.35. The number of nitrogens with one attached hydrogen (secondary N) is 1. The second-order valence-corrected chi connectivity index (χ2v) is 6.19. The summed E-state index contributed by atoms with van der Waals surface area (Å²) >= 11 is 0. The predicted molar refractivity (Wildman–Crippen MR) is 70.5 cm³/mol. The van der Waals surface area contributed by atoms with Crippen molar-refractivity contribution in [2.24, 2.45) is 12.8 Å². The minimum absolute atomic E-state index is 0.128. The molecule has 2 amide bonds. The van der Waals surface area contributed by atoms with E-state index in [1.165, 1.54) is 4.68 Å². The Kier molecular flexibility index (Phi) is 2.91. The molecule has 6 heteroatoms. The van der Waals surface area contributed by atoms with Gasteiger partial charge < -0.3 is 11.1 Å². The first-order valence-corrected chi connectivity index (χ1v) is 6.33. The summed E-state index contributed by atoms with van der Waals surface area (Å²) in [6.07, 6.45) is 1.22. The maximum Gasteiger partial charge on any atom is 0.270 e. The van der Waals surface area contributed by atoms with E-state index in [1.54, 1.807) is 13.1 Å². The Bertz CT molecular complexity index is 535. The summed E-state index contributed by atoms with van der Waals surface area (Å²) in [5.41, 5.74) is 5.60. The third kappa shape index (κ3) is 2.47. The molecule has 0 aliphatic heterocycles. The second kappa shape index (κ2) is 4.08. The Labute approximate surface area is 112 Å². The van der Waals surface area contributed by atoms with Crippen LogP contribution in [0.15, 0.2) is 6.07 Å². The number of rotatable bonds is 3. The van der Waals surface area contributed by atoms with E-state index < -0.39 is 11.4 Å². The van der Waals surface area contributed by atoms with Crippen molar-refractivity contribution in [2.75, 3.05) is 0 Å². The van der Waals surface area contributed by atoms with Crippen molar-refractivity contribution in [2.45, 2.75) is 44.6 Å². The maximum absolute atomic E-state index is 12.2. The van der Waals surface area contributed by atoms with Crippen LogP contribution in [0.25, 0.3) is 0 Å². The summed E-state index contributed by atoms with van der Waals surface area (Å²) in [5, 5.41) is 7.05. The molecule has 0 radical (unpaired) electrons. The number of nitrogens with zero attached hydrogens (tertiary/aromatic N) is 2. The van der Waals surface area contributed by atoms with Gasteiger partial charge in [-0.2, -0.15) is 5.10 Å². The van der Waals surface area contributed by atoms with Crippen LogP contribution in [0, 0.1) is 0 Å². The standard InChI is InChI=1S/C13H20N4O2/c1-12(2,3)9-7-8(17(4)16-9)10(18)15-13(5-6-13)11(14)19/h7H,5-6H2,1-4H3,(H2,14,19)(H,15,18). The molecular weight excluding hydrogens is 244 g/mol. The lowest BCUT2D eigenvalue weighted by Crippen LogP contribution is -2.47. The number of nitrogens with two attached hydrogens (primary N) is 1. The van der Waals surface area contributed by atoms with Crippen LogP contribution >= 0.6 is 0 Å². The number of aromatic nitrogens is 2. The van der Waals surface area contributed by atoms with E-state index in [9.17, 15) is 9.59 Å². The largest absolute Gasteiger partial charge is 0.368 e. The van der Waals surface area contributed by atoms with Gasteiger partial charge in [0.15, 0.2) is 0 Å². The average molecular weight is 264 g/mol. The topological polar surface area (TPSA) is 90.0 Å². The predicted octanol–water partition coefficient (Wildman–Crippen LogP) is 0.465. The van der Waals surface area contributed by atoms with Gasteiger partial charge in [-0.3, -0.25) is 14.3 Å². The number of amides is 2. The molecular formula is C13H20N4O2. The van der Waals surface area contributed by atoms with Gasteiger partial charge in [0.25, 0.3) is 5.91 Å². The first-order chi connectivity index (χ1) is 8.66. The molecule has 6 nitrogen and oxygen atoms in total. The van der Waals surface area contributed by atoms with E-state index in [4.69, 9.17) is 5.73 Å². The molecule has 1 aliphatic rings. The average Bonchev–Trinajstić information content (AvgIpc) is 2.92. The SMILES string of the molecule is Cn1nc(C(C)(C)C)cc1C(=O)NC1(C(N)=O)CC1. The first-order valence-electron chi connectivity index (χ1n) is 6.33. The van der Waals surface area contributed by atoms with Crippen LogP contribution in [0.3, 0.4) is 0 Å². The van der Waals surface area contributed by atoms with Crippen molar-refractivity contribution < 1.29 is 9.59 Å². The van der Waals surface area contributed by atoms with Gasteiger partial charge in [0, 0.05) is 12.5 Å². The number of carbonyl (C=O) groups is 2. The van der Waals surface area contributed by atoms with Gasteiger partial charge in [0.05, 0.1) is 5.69 Å². The Hall–Kier alpha value is -1.85. The van der Waals surface area contributed by atoms with Crippen molar-refractivity contribution in [3.05, 3.63) is 17.5 Å². The van der Waals surface area contributed by atoms with Crippen LogP contribution < -0.4 is 11.1 Å². The summed E-state index contributed by atoms with van der Waals surface area (Å²) in [7, 11) is 1.72. The molecule has 2 rings (SSSR count). The van der Waals surface area contributed by atoms with E-state index in [0.717, 1.165) is 5.69 Å². The lowest BCUT2D eigenvalue weighted by Gasteiger charge is -2.14. The molecule has 0 bridgehead atoms. The van der Waals surface area contributed by atoms with Crippen molar-refractivity contribution in [3.8, 4) is 0 Å². The maximum atomic E-state index is 12.2. The lowest BCUT2D eigenvalue weighted by atomic mass is 9.92. The quantitative estimate of drug-likeness (QED) is 0.831. The zero-order valence-electron chi connectivity index (χ0n) is 11.8. The van der Waals surface area contributed by atoms with E-state index in [0.29, 0.717) is 18.5 Å². The van der Waals surface area contributed by atoms with Crippen LogP contribution in [0.5, 0.6) is 0 Å². The van der Waals surface area contributed by atoms with Crippen LogP contribution in [0.1, 0.15) is 49.8 Å². The summed E-state index contributed by atoms with van der Waals surface area (Å²) in [4.78, 5) is 23.5. The van der Waals surface area contributed by atoms with E-state index in [2.05, 4.69) is 10.4 Å². The third-order valence-corrected chi connectivity index (χ3v) is 3.46. The second-order valence-electron chi connectivity index (χ2n) is 6.19. The number of aryl methyl sites for hydroxylation is 1. The Morgan fingerprint density at radius 1 is 1.42 bits per heavy atom. The molecule has 0 atom stereocenters. The van der Waals surface area contributed by atoms with Gasteiger partial charge in [0.1, 0.15) is 11.2 Å².